The van der Waals surface area contributed by atoms with Gasteiger partial charge in [0.2, 0.25) is 0 Å². The fourth-order valence-electron chi connectivity index (χ4n) is 3.01. The van der Waals surface area contributed by atoms with Gasteiger partial charge in [-0.3, -0.25) is 0 Å². The van der Waals surface area contributed by atoms with Gasteiger partial charge in [0.15, 0.2) is 0 Å². The summed E-state index contributed by atoms with van der Waals surface area (Å²) in [6.45, 7) is 2.99. The quantitative estimate of drug-likeness (QED) is 0.596. The maximum Gasteiger partial charge on any atom is 0.130 e. The Kier molecular flexibility index (Phi) is 6.92. The van der Waals surface area contributed by atoms with E-state index in [-0.39, 0.29) is 18.5 Å². The molecule has 0 saturated heterocycles. The molecule has 1 aromatic heterocycles. The molecule has 3 rings (SSSR count). The summed E-state index contributed by atoms with van der Waals surface area (Å²) in [7, 11) is 1.89. The lowest BCUT2D eigenvalue weighted by Gasteiger charge is -2.21. The second-order valence-electron chi connectivity index (χ2n) is 6.95. The van der Waals surface area contributed by atoms with E-state index >= 15 is 0 Å². The number of hydrogen-bond donors (Lipinski definition) is 2. The van der Waals surface area contributed by atoms with Gasteiger partial charge in [-0.15, -0.1) is 0 Å². The number of rotatable bonds is 9. The molecule has 0 amide bonds. The zero-order chi connectivity index (χ0) is 19.9. The number of aliphatic hydroxyl groups is 1. The highest BCUT2D eigenvalue weighted by atomic mass is 19.1. The van der Waals surface area contributed by atoms with Crippen LogP contribution in [0.4, 0.5) is 4.39 Å². The highest BCUT2D eigenvalue weighted by molar-refractivity contribution is 5.26. The van der Waals surface area contributed by atoms with Crippen LogP contribution in [0.1, 0.15) is 28.6 Å². The van der Waals surface area contributed by atoms with Gasteiger partial charge in [0.25, 0.3) is 0 Å². The Balaban J connectivity index is 1.57. The van der Waals surface area contributed by atoms with Crippen molar-refractivity contribution in [3.05, 3.63) is 89.3 Å². The molecular weight excluding hydrogens is 357 g/mol. The van der Waals surface area contributed by atoms with Gasteiger partial charge in [-0.1, -0.05) is 42.0 Å². The summed E-state index contributed by atoms with van der Waals surface area (Å²) in [5.41, 5.74) is 3.02. The van der Waals surface area contributed by atoms with E-state index in [4.69, 9.17) is 4.74 Å². The number of nitrogens with one attached hydrogen (secondary N) is 1. The number of ether oxygens (including phenoxy) is 1. The number of aromatic nitrogens is 2. The van der Waals surface area contributed by atoms with E-state index in [9.17, 15) is 9.50 Å². The first-order valence-corrected chi connectivity index (χ1v) is 9.30. The average Bonchev–Trinajstić information content (AvgIpc) is 3.09. The van der Waals surface area contributed by atoms with Crippen molar-refractivity contribution < 1.29 is 14.2 Å². The standard InChI is InChI=1S/C22H26FN3O2/c1-16-6-8-17(9-7-16)14-28-15-20(27)13-25-21(22-24-10-11-26(22)2)18-4-3-5-19(23)12-18/h3-12,20-21,25,27H,13-15H2,1-2H3. The Bertz CT molecular complexity index is 879. The molecule has 5 nitrogen and oxygen atoms in total. The van der Waals surface area contributed by atoms with Crippen molar-refractivity contribution in [3.8, 4) is 0 Å². The van der Waals surface area contributed by atoms with Crippen molar-refractivity contribution in [3.63, 3.8) is 0 Å². The minimum atomic E-state index is -0.693. The molecule has 0 spiro atoms. The van der Waals surface area contributed by atoms with Crippen LogP contribution in [0.15, 0.2) is 60.9 Å². The molecule has 0 aliphatic carbocycles. The molecule has 3 aromatic rings. The summed E-state index contributed by atoms with van der Waals surface area (Å²) in [6.07, 6.45) is 2.84. The lowest BCUT2D eigenvalue weighted by atomic mass is 10.1. The maximum atomic E-state index is 13.7. The first kappa shape index (κ1) is 20.2. The van der Waals surface area contributed by atoms with Crippen LogP contribution in [0, 0.1) is 12.7 Å². The molecule has 1 heterocycles. The van der Waals surface area contributed by atoms with E-state index in [2.05, 4.69) is 10.3 Å². The van der Waals surface area contributed by atoms with E-state index in [1.54, 1.807) is 12.3 Å². The Morgan fingerprint density at radius 3 is 2.68 bits per heavy atom. The average molecular weight is 383 g/mol. The van der Waals surface area contributed by atoms with Crippen molar-refractivity contribution in [2.75, 3.05) is 13.2 Å². The second kappa shape index (κ2) is 9.59. The Hall–Kier alpha value is -2.54. The Morgan fingerprint density at radius 1 is 1.21 bits per heavy atom. The topological polar surface area (TPSA) is 59.3 Å². The molecule has 0 fully saturated rings. The molecule has 0 aliphatic rings. The third kappa shape index (κ3) is 5.48. The van der Waals surface area contributed by atoms with Gasteiger partial charge in [0, 0.05) is 26.0 Å². The van der Waals surface area contributed by atoms with Crippen LogP contribution in [-0.4, -0.2) is 33.9 Å². The van der Waals surface area contributed by atoms with Crippen LogP contribution in [0.25, 0.3) is 0 Å². The van der Waals surface area contributed by atoms with E-state index in [1.165, 1.54) is 17.7 Å². The highest BCUT2D eigenvalue weighted by Gasteiger charge is 2.19. The fourth-order valence-corrected chi connectivity index (χ4v) is 3.01. The van der Waals surface area contributed by atoms with Crippen LogP contribution in [-0.2, 0) is 18.4 Å². The molecule has 0 radical (unpaired) electrons. The number of nitrogens with zero attached hydrogens (tertiary/aromatic N) is 2. The van der Waals surface area contributed by atoms with Crippen LogP contribution in [0.5, 0.6) is 0 Å². The number of aliphatic hydroxyl groups excluding tert-OH is 1. The molecule has 6 heteroatoms. The third-order valence-electron chi connectivity index (χ3n) is 4.56. The summed E-state index contributed by atoms with van der Waals surface area (Å²) in [6, 6.07) is 14.2. The number of imidazole rings is 1. The van der Waals surface area contributed by atoms with E-state index in [0.717, 1.165) is 17.0 Å². The number of benzene rings is 2. The highest BCUT2D eigenvalue weighted by Crippen LogP contribution is 2.21. The lowest BCUT2D eigenvalue weighted by Crippen LogP contribution is -2.34. The van der Waals surface area contributed by atoms with Gasteiger partial charge >= 0.3 is 0 Å². The molecule has 2 atom stereocenters. The van der Waals surface area contributed by atoms with Gasteiger partial charge in [0.1, 0.15) is 11.6 Å². The van der Waals surface area contributed by atoms with Gasteiger partial charge in [-0.2, -0.15) is 0 Å². The van der Waals surface area contributed by atoms with Crippen molar-refractivity contribution in [1.82, 2.24) is 14.9 Å². The Labute approximate surface area is 164 Å². The summed E-state index contributed by atoms with van der Waals surface area (Å²) < 4.78 is 21.2. The zero-order valence-electron chi connectivity index (χ0n) is 16.2. The normalized spacial score (nSPS) is 13.4. The molecular formula is C22H26FN3O2. The smallest absolute Gasteiger partial charge is 0.130 e. The summed E-state index contributed by atoms with van der Waals surface area (Å²) in [4.78, 5) is 4.37. The SMILES string of the molecule is Cc1ccc(COCC(O)CNC(c2cccc(F)c2)c2nccn2C)cc1. The van der Waals surface area contributed by atoms with E-state index in [1.807, 2.05) is 55.1 Å². The second-order valence-corrected chi connectivity index (χ2v) is 6.95. The summed E-state index contributed by atoms with van der Waals surface area (Å²) in [5, 5.41) is 13.6. The largest absolute Gasteiger partial charge is 0.389 e. The van der Waals surface area contributed by atoms with Gasteiger partial charge in [0.05, 0.1) is 25.4 Å². The van der Waals surface area contributed by atoms with Crippen molar-refractivity contribution in [2.45, 2.75) is 25.7 Å². The van der Waals surface area contributed by atoms with E-state index < -0.39 is 6.10 Å². The molecule has 0 bridgehead atoms. The van der Waals surface area contributed by atoms with Crippen molar-refractivity contribution in [1.29, 1.82) is 0 Å². The van der Waals surface area contributed by atoms with Crippen LogP contribution < -0.4 is 5.32 Å². The molecule has 2 unspecified atom stereocenters. The minimum Gasteiger partial charge on any atom is -0.389 e. The van der Waals surface area contributed by atoms with Crippen LogP contribution in [0.3, 0.4) is 0 Å². The summed E-state index contributed by atoms with van der Waals surface area (Å²) >= 11 is 0. The van der Waals surface area contributed by atoms with Crippen LogP contribution in [0.2, 0.25) is 0 Å². The zero-order valence-corrected chi connectivity index (χ0v) is 16.2. The van der Waals surface area contributed by atoms with Crippen LogP contribution >= 0.6 is 0 Å². The first-order valence-electron chi connectivity index (χ1n) is 9.30. The maximum absolute atomic E-state index is 13.7. The number of halogens is 1. The first-order chi connectivity index (χ1) is 13.5. The fraction of sp³-hybridized carbons (Fsp3) is 0.318. The third-order valence-corrected chi connectivity index (χ3v) is 4.56. The predicted octanol–water partition coefficient (Wildman–Crippen LogP) is 3.12. The monoisotopic (exact) mass is 383 g/mol. The van der Waals surface area contributed by atoms with E-state index in [0.29, 0.717) is 13.2 Å². The minimum absolute atomic E-state index is 0.206. The van der Waals surface area contributed by atoms with Gasteiger partial charge < -0.3 is 19.7 Å². The molecule has 0 saturated carbocycles. The summed E-state index contributed by atoms with van der Waals surface area (Å²) in [5.74, 6) is 0.443. The van der Waals surface area contributed by atoms with Crippen molar-refractivity contribution >= 4 is 0 Å². The molecule has 148 valence electrons. The van der Waals surface area contributed by atoms with Crippen molar-refractivity contribution in [2.24, 2.45) is 7.05 Å². The molecule has 28 heavy (non-hydrogen) atoms. The number of hydrogen-bond acceptors (Lipinski definition) is 4. The molecule has 2 aromatic carbocycles. The van der Waals surface area contributed by atoms with Gasteiger partial charge in [-0.05, 0) is 30.2 Å². The predicted molar refractivity (Wildman–Crippen MR) is 106 cm³/mol. The number of aryl methyl sites for hydroxylation is 2. The Morgan fingerprint density at radius 2 is 2.00 bits per heavy atom. The molecule has 2 N–H and O–H groups in total. The lowest BCUT2D eigenvalue weighted by molar-refractivity contribution is 0.0279. The van der Waals surface area contributed by atoms with Gasteiger partial charge in [-0.25, -0.2) is 9.37 Å². The molecule has 0 aliphatic heterocycles.